The number of ether oxygens (including phenoxy) is 1. The number of nitrogens with two attached hydrogens (primary N) is 1. The Hall–Kier alpha value is -1.21. The van der Waals surface area contributed by atoms with E-state index in [-0.39, 0.29) is 6.04 Å². The molecular formula is C10H18N4O2S. The van der Waals surface area contributed by atoms with Gasteiger partial charge < -0.3 is 15.8 Å². The van der Waals surface area contributed by atoms with Crippen LogP contribution in [0.5, 0.6) is 0 Å². The molecule has 96 valence electrons. The molecule has 1 rings (SSSR count). The van der Waals surface area contributed by atoms with Gasteiger partial charge in [-0.2, -0.15) is 0 Å². The molecule has 0 saturated heterocycles. The van der Waals surface area contributed by atoms with Crippen molar-refractivity contribution in [3.8, 4) is 0 Å². The topological polar surface area (TPSA) is 90.1 Å². The van der Waals surface area contributed by atoms with Gasteiger partial charge in [0.05, 0.1) is 0 Å². The Morgan fingerprint density at radius 1 is 1.59 bits per heavy atom. The van der Waals surface area contributed by atoms with Crippen molar-refractivity contribution >= 4 is 22.4 Å². The highest BCUT2D eigenvalue weighted by atomic mass is 32.2. The van der Waals surface area contributed by atoms with E-state index in [0.29, 0.717) is 29.8 Å². The minimum Gasteiger partial charge on any atom is -0.384 e. The lowest BCUT2D eigenvalue weighted by Gasteiger charge is -2.13. The summed E-state index contributed by atoms with van der Waals surface area (Å²) in [5.41, 5.74) is 5.66. The lowest BCUT2D eigenvalue weighted by atomic mass is 10.4. The van der Waals surface area contributed by atoms with Gasteiger partial charge in [0, 0.05) is 42.0 Å². The SMILES string of the molecule is COCc1nc(N)cc(NC(C)CS(C)=O)n1. The second-order valence-electron chi connectivity index (χ2n) is 3.81. The number of nitrogen functional groups attached to an aromatic ring is 1. The zero-order chi connectivity index (χ0) is 12.8. The number of nitrogens with one attached hydrogen (secondary N) is 1. The Labute approximate surface area is 103 Å². The fourth-order valence-electron chi connectivity index (χ4n) is 1.43. The van der Waals surface area contributed by atoms with Crippen molar-refractivity contribution in [2.24, 2.45) is 0 Å². The minimum atomic E-state index is -0.845. The van der Waals surface area contributed by atoms with Crippen LogP contribution in [0.15, 0.2) is 6.07 Å². The quantitative estimate of drug-likeness (QED) is 0.767. The van der Waals surface area contributed by atoms with Gasteiger partial charge in [0.1, 0.15) is 18.2 Å². The molecule has 0 bridgehead atoms. The Bertz CT molecular complexity index is 400. The van der Waals surface area contributed by atoms with E-state index in [1.165, 1.54) is 0 Å². The van der Waals surface area contributed by atoms with E-state index in [2.05, 4.69) is 15.3 Å². The van der Waals surface area contributed by atoms with Crippen molar-refractivity contribution in [3.63, 3.8) is 0 Å². The molecule has 1 aromatic heterocycles. The van der Waals surface area contributed by atoms with E-state index in [1.54, 1.807) is 19.4 Å². The van der Waals surface area contributed by atoms with Crippen molar-refractivity contribution in [1.82, 2.24) is 9.97 Å². The lowest BCUT2D eigenvalue weighted by Crippen LogP contribution is -2.23. The average molecular weight is 258 g/mol. The molecule has 1 heterocycles. The molecule has 6 nitrogen and oxygen atoms in total. The molecule has 0 aromatic carbocycles. The number of nitrogens with zero attached hydrogens (tertiary/aromatic N) is 2. The molecule has 2 unspecified atom stereocenters. The van der Waals surface area contributed by atoms with Crippen molar-refractivity contribution in [2.75, 3.05) is 30.2 Å². The second-order valence-corrected chi connectivity index (χ2v) is 5.29. The molecule has 0 aliphatic heterocycles. The highest BCUT2D eigenvalue weighted by molar-refractivity contribution is 7.84. The zero-order valence-electron chi connectivity index (χ0n) is 10.3. The normalized spacial score (nSPS) is 14.3. The van der Waals surface area contributed by atoms with Gasteiger partial charge in [-0.05, 0) is 6.92 Å². The van der Waals surface area contributed by atoms with Gasteiger partial charge in [-0.25, -0.2) is 9.97 Å². The number of anilines is 2. The maximum Gasteiger partial charge on any atom is 0.158 e. The molecule has 1 aromatic rings. The van der Waals surface area contributed by atoms with Crippen molar-refractivity contribution in [1.29, 1.82) is 0 Å². The maximum absolute atomic E-state index is 11.1. The molecule has 0 spiro atoms. The molecule has 17 heavy (non-hydrogen) atoms. The standard InChI is InChI=1S/C10H18N4O2S/c1-7(6-17(3)15)12-9-4-8(11)13-10(14-9)5-16-2/h4,7H,5-6H2,1-3H3,(H3,11,12,13,14). The summed E-state index contributed by atoms with van der Waals surface area (Å²) in [5, 5.41) is 3.13. The van der Waals surface area contributed by atoms with Crippen molar-refractivity contribution < 1.29 is 8.95 Å². The van der Waals surface area contributed by atoms with Gasteiger partial charge in [0.2, 0.25) is 0 Å². The van der Waals surface area contributed by atoms with Crippen LogP contribution in [0.1, 0.15) is 12.7 Å². The Kier molecular flexibility index (Phi) is 5.30. The summed E-state index contributed by atoms with van der Waals surface area (Å²) >= 11 is 0. The number of rotatable bonds is 6. The highest BCUT2D eigenvalue weighted by Crippen LogP contribution is 2.10. The summed E-state index contributed by atoms with van der Waals surface area (Å²) < 4.78 is 16.0. The van der Waals surface area contributed by atoms with Crippen LogP contribution in [-0.2, 0) is 22.1 Å². The first kappa shape index (κ1) is 13.9. The zero-order valence-corrected chi connectivity index (χ0v) is 11.1. The first-order chi connectivity index (χ1) is 8.01. The summed E-state index contributed by atoms with van der Waals surface area (Å²) in [4.78, 5) is 8.28. The summed E-state index contributed by atoms with van der Waals surface area (Å²) in [6.45, 7) is 2.25. The molecule has 3 N–H and O–H groups in total. The maximum atomic E-state index is 11.1. The third kappa shape index (κ3) is 5.10. The smallest absolute Gasteiger partial charge is 0.158 e. The molecule has 2 atom stereocenters. The monoisotopic (exact) mass is 258 g/mol. The Morgan fingerprint density at radius 3 is 2.88 bits per heavy atom. The first-order valence-electron chi connectivity index (χ1n) is 5.20. The molecular weight excluding hydrogens is 240 g/mol. The number of methoxy groups -OCH3 is 1. The van der Waals surface area contributed by atoms with Crippen LogP contribution >= 0.6 is 0 Å². The first-order valence-corrected chi connectivity index (χ1v) is 6.93. The second kappa shape index (κ2) is 6.51. The van der Waals surface area contributed by atoms with Crippen molar-refractivity contribution in [3.05, 3.63) is 11.9 Å². The van der Waals surface area contributed by atoms with Crippen molar-refractivity contribution in [2.45, 2.75) is 19.6 Å². The molecule has 0 amide bonds. The third-order valence-electron chi connectivity index (χ3n) is 1.94. The molecule has 0 saturated carbocycles. The van der Waals surface area contributed by atoms with E-state index >= 15 is 0 Å². The molecule has 7 heteroatoms. The van der Waals surface area contributed by atoms with Gasteiger partial charge in [-0.3, -0.25) is 4.21 Å². The van der Waals surface area contributed by atoms with Gasteiger partial charge in [-0.15, -0.1) is 0 Å². The minimum absolute atomic E-state index is 0.0607. The molecule has 0 fully saturated rings. The van der Waals surface area contributed by atoms with Crippen LogP contribution in [0.2, 0.25) is 0 Å². The Morgan fingerprint density at radius 2 is 2.29 bits per heavy atom. The van der Waals surface area contributed by atoms with Crippen LogP contribution in [0.25, 0.3) is 0 Å². The van der Waals surface area contributed by atoms with Gasteiger partial charge in [0.25, 0.3) is 0 Å². The lowest BCUT2D eigenvalue weighted by molar-refractivity contribution is 0.178. The Balaban J connectivity index is 2.72. The summed E-state index contributed by atoms with van der Waals surface area (Å²) in [7, 11) is 0.727. The summed E-state index contributed by atoms with van der Waals surface area (Å²) in [6.07, 6.45) is 1.67. The van der Waals surface area contributed by atoms with Crippen LogP contribution in [-0.4, -0.2) is 39.3 Å². The van der Waals surface area contributed by atoms with Crippen LogP contribution < -0.4 is 11.1 Å². The summed E-state index contributed by atoms with van der Waals surface area (Å²) in [6, 6.07) is 1.71. The van der Waals surface area contributed by atoms with Crippen LogP contribution in [0.3, 0.4) is 0 Å². The van der Waals surface area contributed by atoms with E-state index < -0.39 is 10.8 Å². The molecule has 0 aliphatic carbocycles. The van der Waals surface area contributed by atoms with Crippen LogP contribution in [0, 0.1) is 0 Å². The third-order valence-corrected chi connectivity index (χ3v) is 2.91. The van der Waals surface area contributed by atoms with Gasteiger partial charge in [0.15, 0.2) is 5.82 Å². The summed E-state index contributed by atoms with van der Waals surface area (Å²) in [5.74, 6) is 2.10. The fraction of sp³-hybridized carbons (Fsp3) is 0.600. The van der Waals surface area contributed by atoms with E-state index in [9.17, 15) is 4.21 Å². The predicted octanol–water partition coefficient (Wildman–Crippen LogP) is 0.384. The van der Waals surface area contributed by atoms with E-state index in [4.69, 9.17) is 10.5 Å². The fourth-order valence-corrected chi connectivity index (χ4v) is 2.22. The van der Waals surface area contributed by atoms with Gasteiger partial charge >= 0.3 is 0 Å². The molecule has 0 radical (unpaired) electrons. The average Bonchev–Trinajstić information content (AvgIpc) is 2.14. The molecule has 0 aliphatic rings. The largest absolute Gasteiger partial charge is 0.384 e. The van der Waals surface area contributed by atoms with E-state index in [0.717, 1.165) is 0 Å². The number of hydrogen-bond acceptors (Lipinski definition) is 6. The van der Waals surface area contributed by atoms with E-state index in [1.807, 2.05) is 6.92 Å². The number of aromatic nitrogens is 2. The highest BCUT2D eigenvalue weighted by Gasteiger charge is 2.07. The predicted molar refractivity (Wildman–Crippen MR) is 69.2 cm³/mol. The van der Waals surface area contributed by atoms with Crippen LogP contribution in [0.4, 0.5) is 11.6 Å². The van der Waals surface area contributed by atoms with Gasteiger partial charge in [-0.1, -0.05) is 0 Å². The number of hydrogen-bond donors (Lipinski definition) is 2.